The van der Waals surface area contributed by atoms with Gasteiger partial charge in [-0.3, -0.25) is 9.59 Å². The van der Waals surface area contributed by atoms with Gasteiger partial charge < -0.3 is 24.4 Å². The number of fused-ring (bicyclic) bond motifs is 1. The van der Waals surface area contributed by atoms with Crippen LogP contribution in [-0.2, 0) is 22.6 Å². The van der Waals surface area contributed by atoms with E-state index < -0.39 is 6.04 Å². The first-order valence-electron chi connectivity index (χ1n) is 12.2. The third-order valence-corrected chi connectivity index (χ3v) is 6.64. The normalized spacial score (nSPS) is 15.7. The van der Waals surface area contributed by atoms with E-state index in [0.717, 1.165) is 48.3 Å². The zero-order valence-corrected chi connectivity index (χ0v) is 20.0. The van der Waals surface area contributed by atoms with Gasteiger partial charge in [0.15, 0.2) is 11.5 Å². The Hall–Kier alpha value is -3.22. The molecule has 0 saturated heterocycles. The Labute approximate surface area is 201 Å². The summed E-state index contributed by atoms with van der Waals surface area (Å²) in [4.78, 5) is 28.5. The summed E-state index contributed by atoms with van der Waals surface area (Å²) >= 11 is 0. The Morgan fingerprint density at radius 3 is 2.65 bits per heavy atom. The molecule has 1 fully saturated rings. The van der Waals surface area contributed by atoms with Crippen LogP contribution in [0, 0.1) is 0 Å². The summed E-state index contributed by atoms with van der Waals surface area (Å²) in [5.74, 6) is 2.06. The lowest BCUT2D eigenvalue weighted by Crippen LogP contribution is -2.51. The van der Waals surface area contributed by atoms with Crippen molar-refractivity contribution in [3.63, 3.8) is 0 Å². The number of benzene rings is 2. The fourth-order valence-electron chi connectivity index (χ4n) is 4.75. The summed E-state index contributed by atoms with van der Waals surface area (Å²) in [5.41, 5.74) is 1.94. The fourth-order valence-corrected chi connectivity index (χ4v) is 4.75. The van der Waals surface area contributed by atoms with Crippen molar-refractivity contribution < 1.29 is 23.8 Å². The summed E-state index contributed by atoms with van der Waals surface area (Å²) < 4.78 is 16.2. The number of hydrogen-bond acceptors (Lipinski definition) is 5. The van der Waals surface area contributed by atoms with Gasteiger partial charge in [0.05, 0.1) is 7.11 Å². The highest BCUT2D eigenvalue weighted by molar-refractivity contribution is 5.88. The summed E-state index contributed by atoms with van der Waals surface area (Å²) in [6.07, 6.45) is 5.72. The van der Waals surface area contributed by atoms with Crippen LogP contribution in [0.2, 0.25) is 0 Å². The van der Waals surface area contributed by atoms with Gasteiger partial charge >= 0.3 is 0 Å². The van der Waals surface area contributed by atoms with E-state index in [1.807, 2.05) is 49.4 Å². The van der Waals surface area contributed by atoms with Crippen molar-refractivity contribution in [2.45, 2.75) is 70.5 Å². The molecule has 1 aliphatic carbocycles. The number of rotatable bonds is 10. The first kappa shape index (κ1) is 23.9. The number of amides is 2. The lowest BCUT2D eigenvalue weighted by molar-refractivity contribution is -0.141. The molecule has 0 bridgehead atoms. The van der Waals surface area contributed by atoms with E-state index in [4.69, 9.17) is 14.2 Å². The van der Waals surface area contributed by atoms with Crippen LogP contribution in [0.25, 0.3) is 0 Å². The number of aryl methyl sites for hydroxylation is 1. The molecule has 1 N–H and O–H groups in total. The molecule has 2 aromatic rings. The van der Waals surface area contributed by atoms with E-state index in [1.165, 1.54) is 0 Å². The zero-order valence-electron chi connectivity index (χ0n) is 20.0. The minimum Gasteiger partial charge on any atom is -0.497 e. The van der Waals surface area contributed by atoms with Gasteiger partial charge in [-0.2, -0.15) is 0 Å². The topological polar surface area (TPSA) is 77.1 Å². The second kappa shape index (κ2) is 11.3. The summed E-state index contributed by atoms with van der Waals surface area (Å²) in [6.45, 7) is 2.54. The van der Waals surface area contributed by atoms with Crippen LogP contribution in [0.15, 0.2) is 42.5 Å². The van der Waals surface area contributed by atoms with E-state index in [9.17, 15) is 9.59 Å². The van der Waals surface area contributed by atoms with E-state index in [2.05, 4.69) is 5.32 Å². The molecule has 2 aliphatic rings. The lowest BCUT2D eigenvalue weighted by atomic mass is 10.0. The molecule has 0 aromatic heterocycles. The largest absolute Gasteiger partial charge is 0.497 e. The number of carbonyl (C=O) groups excluding carboxylic acids is 2. The average molecular weight is 467 g/mol. The van der Waals surface area contributed by atoms with E-state index >= 15 is 0 Å². The van der Waals surface area contributed by atoms with Crippen LogP contribution in [0.4, 0.5) is 0 Å². The first-order chi connectivity index (χ1) is 16.6. The maximum absolute atomic E-state index is 13.5. The average Bonchev–Trinajstić information content (AvgIpc) is 3.54. The van der Waals surface area contributed by atoms with Crippen LogP contribution in [0.5, 0.6) is 17.2 Å². The smallest absolute Gasteiger partial charge is 0.243 e. The quantitative estimate of drug-likeness (QED) is 0.567. The summed E-state index contributed by atoms with van der Waals surface area (Å²) in [5, 5.41) is 3.19. The van der Waals surface area contributed by atoms with Gasteiger partial charge in [0.1, 0.15) is 11.8 Å². The predicted octanol–water partition coefficient (Wildman–Crippen LogP) is 4.22. The molecule has 1 atom stereocenters. The Kier molecular flexibility index (Phi) is 7.93. The van der Waals surface area contributed by atoms with Crippen molar-refractivity contribution in [1.82, 2.24) is 10.2 Å². The van der Waals surface area contributed by atoms with Crippen LogP contribution in [-0.4, -0.2) is 42.7 Å². The van der Waals surface area contributed by atoms with Crippen molar-refractivity contribution in [1.29, 1.82) is 0 Å². The van der Waals surface area contributed by atoms with Gasteiger partial charge in [-0.05, 0) is 61.1 Å². The minimum atomic E-state index is -0.518. The minimum absolute atomic E-state index is 0.0473. The highest BCUT2D eigenvalue weighted by Gasteiger charge is 2.30. The van der Waals surface area contributed by atoms with Gasteiger partial charge in [-0.15, -0.1) is 0 Å². The molecule has 1 saturated carbocycles. The van der Waals surface area contributed by atoms with Crippen molar-refractivity contribution in [2.75, 3.05) is 13.9 Å². The Bertz CT molecular complexity index is 1000. The second-order valence-electron chi connectivity index (χ2n) is 8.97. The highest BCUT2D eigenvalue weighted by Crippen LogP contribution is 2.33. The number of ether oxygens (including phenoxy) is 3. The maximum Gasteiger partial charge on any atom is 0.243 e. The maximum atomic E-state index is 13.5. The molecule has 2 aromatic carbocycles. The lowest BCUT2D eigenvalue weighted by Gasteiger charge is -2.31. The van der Waals surface area contributed by atoms with Crippen molar-refractivity contribution in [3.8, 4) is 17.2 Å². The van der Waals surface area contributed by atoms with E-state index in [-0.39, 0.29) is 24.6 Å². The first-order valence-corrected chi connectivity index (χ1v) is 12.2. The predicted molar refractivity (Wildman–Crippen MR) is 129 cm³/mol. The molecule has 2 amide bonds. The molecular weight excluding hydrogens is 432 g/mol. The van der Waals surface area contributed by atoms with Gasteiger partial charge in [0.25, 0.3) is 0 Å². The molecule has 7 heteroatoms. The van der Waals surface area contributed by atoms with Gasteiger partial charge in [-0.1, -0.05) is 38.0 Å². The Morgan fingerprint density at radius 2 is 1.88 bits per heavy atom. The molecule has 0 spiro atoms. The molecule has 0 radical (unpaired) electrons. The Balaban J connectivity index is 1.49. The number of nitrogens with zero attached hydrogens (tertiary/aromatic N) is 1. The molecule has 1 unspecified atom stereocenters. The molecule has 34 heavy (non-hydrogen) atoms. The third-order valence-electron chi connectivity index (χ3n) is 6.64. The highest BCUT2D eigenvalue weighted by atomic mass is 16.7. The van der Waals surface area contributed by atoms with E-state index in [0.29, 0.717) is 31.6 Å². The van der Waals surface area contributed by atoms with Crippen LogP contribution >= 0.6 is 0 Å². The number of carbonyl (C=O) groups is 2. The molecule has 1 heterocycles. The molecule has 1 aliphatic heterocycles. The van der Waals surface area contributed by atoms with Gasteiger partial charge in [0, 0.05) is 19.0 Å². The SMILES string of the molecule is CCC(C(=O)NC1CCCC1)N(Cc1cccc(OC)c1)C(=O)CCc1ccc2c(c1)OCO2. The zero-order chi connectivity index (χ0) is 23.9. The standard InChI is InChI=1S/C27H34N2O5/c1-3-23(27(31)28-21-8-4-5-9-21)29(17-20-7-6-10-22(15-20)32-2)26(30)14-12-19-11-13-24-25(16-19)34-18-33-24/h6-7,10-11,13,15-16,21,23H,3-5,8-9,12,14,17-18H2,1-2H3,(H,28,31). The number of hydrogen-bond donors (Lipinski definition) is 1. The van der Waals surface area contributed by atoms with Gasteiger partial charge in [-0.25, -0.2) is 0 Å². The second-order valence-corrected chi connectivity index (χ2v) is 8.97. The third kappa shape index (κ3) is 5.82. The Morgan fingerprint density at radius 1 is 1.09 bits per heavy atom. The monoisotopic (exact) mass is 466 g/mol. The molecule has 4 rings (SSSR count). The summed E-state index contributed by atoms with van der Waals surface area (Å²) in [6, 6.07) is 13.1. The van der Waals surface area contributed by atoms with Crippen molar-refractivity contribution in [2.24, 2.45) is 0 Å². The summed E-state index contributed by atoms with van der Waals surface area (Å²) in [7, 11) is 1.62. The van der Waals surface area contributed by atoms with Crippen LogP contribution < -0.4 is 19.5 Å². The van der Waals surface area contributed by atoms with Gasteiger partial charge in [0.2, 0.25) is 18.6 Å². The molecule has 182 valence electrons. The number of nitrogens with one attached hydrogen (secondary N) is 1. The van der Waals surface area contributed by atoms with Crippen LogP contribution in [0.1, 0.15) is 56.6 Å². The molecular formula is C27H34N2O5. The molecule has 7 nitrogen and oxygen atoms in total. The number of methoxy groups -OCH3 is 1. The fraction of sp³-hybridized carbons (Fsp3) is 0.481. The van der Waals surface area contributed by atoms with E-state index in [1.54, 1.807) is 12.0 Å². The van der Waals surface area contributed by atoms with Crippen LogP contribution in [0.3, 0.4) is 0 Å². The van der Waals surface area contributed by atoms with Crippen molar-refractivity contribution in [3.05, 3.63) is 53.6 Å². The van der Waals surface area contributed by atoms with Crippen molar-refractivity contribution >= 4 is 11.8 Å².